The van der Waals surface area contributed by atoms with Crippen LogP contribution < -0.4 is 5.56 Å². The molecule has 0 fully saturated rings. The number of carbonyl (C=O) groups excluding carboxylic acids is 2. The van der Waals surface area contributed by atoms with Crippen LogP contribution >= 0.6 is 0 Å². The van der Waals surface area contributed by atoms with E-state index in [-0.39, 0.29) is 47.5 Å². The molecule has 0 saturated carbocycles. The summed E-state index contributed by atoms with van der Waals surface area (Å²) < 4.78 is 21.5. The second-order valence-corrected chi connectivity index (χ2v) is 10.1. The summed E-state index contributed by atoms with van der Waals surface area (Å²) in [5.74, 6) is -1.48. The normalized spacial score (nSPS) is 19.3. The van der Waals surface area contributed by atoms with Gasteiger partial charge in [0.2, 0.25) is 5.91 Å². The van der Waals surface area contributed by atoms with Crippen LogP contribution in [0.4, 0.5) is 4.39 Å². The van der Waals surface area contributed by atoms with Gasteiger partial charge in [0, 0.05) is 36.2 Å². The number of pyridine rings is 2. The molecule has 0 saturated heterocycles. The van der Waals surface area contributed by atoms with Gasteiger partial charge in [0.15, 0.2) is 6.10 Å². The molecule has 192 valence electrons. The summed E-state index contributed by atoms with van der Waals surface area (Å²) in [5.41, 5.74) is 4.98. The molecule has 0 unspecified atom stereocenters. The van der Waals surface area contributed by atoms with Gasteiger partial charge in [-0.1, -0.05) is 0 Å². The number of aromatic nitrogens is 2. The molecule has 3 aromatic rings. The number of benzene rings is 1. The molecule has 1 amide bonds. The maximum absolute atomic E-state index is 14.9. The number of halogens is 1. The summed E-state index contributed by atoms with van der Waals surface area (Å²) >= 11 is 0. The molecule has 1 aliphatic carbocycles. The van der Waals surface area contributed by atoms with E-state index in [1.807, 2.05) is 0 Å². The Hall–Kier alpha value is -3.63. The highest BCUT2D eigenvalue weighted by atomic mass is 19.1. The van der Waals surface area contributed by atoms with Crippen molar-refractivity contribution in [3.63, 3.8) is 0 Å². The third kappa shape index (κ3) is 3.42. The Kier molecular flexibility index (Phi) is 5.43. The van der Waals surface area contributed by atoms with Gasteiger partial charge < -0.3 is 24.4 Å². The van der Waals surface area contributed by atoms with Crippen molar-refractivity contribution in [1.29, 1.82) is 0 Å². The van der Waals surface area contributed by atoms with Crippen molar-refractivity contribution in [2.24, 2.45) is 0 Å². The van der Waals surface area contributed by atoms with E-state index < -0.39 is 18.7 Å². The Balaban J connectivity index is 1.56. The van der Waals surface area contributed by atoms with E-state index in [0.717, 1.165) is 28.5 Å². The van der Waals surface area contributed by atoms with Crippen LogP contribution in [0.25, 0.3) is 22.3 Å². The lowest BCUT2D eigenvalue weighted by Gasteiger charge is -2.30. The molecule has 10 heteroatoms. The highest BCUT2D eigenvalue weighted by molar-refractivity contribution is 5.93. The molecule has 6 rings (SSSR count). The van der Waals surface area contributed by atoms with E-state index in [2.05, 4.69) is 0 Å². The van der Waals surface area contributed by atoms with Crippen LogP contribution in [0.5, 0.6) is 0 Å². The average molecular weight is 508 g/mol. The molecule has 2 N–H and O–H groups in total. The highest BCUT2D eigenvalue weighted by Crippen LogP contribution is 2.46. The summed E-state index contributed by atoms with van der Waals surface area (Å²) in [6.07, 6.45) is 0.492. The van der Waals surface area contributed by atoms with E-state index in [0.29, 0.717) is 41.9 Å². The monoisotopic (exact) mass is 507 g/mol. The number of rotatable bonds is 4. The molecule has 0 radical (unpaired) electrons. The zero-order chi connectivity index (χ0) is 26.2. The first-order valence-corrected chi connectivity index (χ1v) is 12.3. The van der Waals surface area contributed by atoms with Crippen molar-refractivity contribution in [2.75, 3.05) is 20.2 Å². The average Bonchev–Trinajstić information content (AvgIpc) is 3.26. The molecule has 4 heterocycles. The number of hydrogen-bond donors (Lipinski definition) is 2. The van der Waals surface area contributed by atoms with Gasteiger partial charge >= 0.3 is 5.97 Å². The van der Waals surface area contributed by atoms with E-state index >= 15 is 0 Å². The topological polar surface area (TPSA) is 122 Å². The van der Waals surface area contributed by atoms with E-state index in [1.54, 1.807) is 24.6 Å². The van der Waals surface area contributed by atoms with Gasteiger partial charge in [-0.3, -0.25) is 9.59 Å². The van der Waals surface area contributed by atoms with Gasteiger partial charge in [0.25, 0.3) is 5.56 Å². The number of amides is 1. The van der Waals surface area contributed by atoms with Gasteiger partial charge in [-0.15, -0.1) is 0 Å². The first-order chi connectivity index (χ1) is 17.7. The van der Waals surface area contributed by atoms with Crippen molar-refractivity contribution >= 4 is 22.8 Å². The Morgan fingerprint density at radius 3 is 2.81 bits per heavy atom. The minimum absolute atomic E-state index is 0.0284. The maximum Gasteiger partial charge on any atom is 0.340 e. The number of fused-ring (bicyclic) bond motifs is 5. The number of likely N-dealkylation sites (N-methyl/N-ethyl adjacent to an activating group) is 1. The van der Waals surface area contributed by atoms with Crippen molar-refractivity contribution in [3.05, 3.63) is 61.7 Å². The summed E-state index contributed by atoms with van der Waals surface area (Å²) in [4.78, 5) is 43.6. The van der Waals surface area contributed by atoms with Crippen molar-refractivity contribution in [2.45, 2.75) is 51.4 Å². The van der Waals surface area contributed by atoms with Crippen molar-refractivity contribution in [1.82, 2.24) is 14.5 Å². The third-order valence-electron chi connectivity index (χ3n) is 8.14. The molecule has 2 atom stereocenters. The molecule has 1 aromatic carbocycles. The van der Waals surface area contributed by atoms with Crippen LogP contribution in [0.3, 0.4) is 0 Å². The van der Waals surface area contributed by atoms with Gasteiger partial charge in [-0.05, 0) is 54.9 Å². The summed E-state index contributed by atoms with van der Waals surface area (Å²) in [6, 6.07) is 3.04. The number of aliphatic hydroxyl groups excluding tert-OH is 2. The third-order valence-corrected chi connectivity index (χ3v) is 8.14. The largest absolute Gasteiger partial charge is 0.458 e. The fourth-order valence-electron chi connectivity index (χ4n) is 6.08. The van der Waals surface area contributed by atoms with Gasteiger partial charge in [0.05, 0.1) is 29.0 Å². The first kappa shape index (κ1) is 23.7. The van der Waals surface area contributed by atoms with Crippen molar-refractivity contribution in [3.8, 4) is 11.4 Å². The summed E-state index contributed by atoms with van der Waals surface area (Å²) in [6.45, 7) is 1.70. The number of cyclic esters (lactones) is 1. The number of aliphatic hydroxyl groups is 2. The molecule has 9 nitrogen and oxygen atoms in total. The first-order valence-electron chi connectivity index (χ1n) is 12.3. The second-order valence-electron chi connectivity index (χ2n) is 10.1. The minimum atomic E-state index is -1.55. The fraction of sp³-hybridized carbons (Fsp3) is 0.407. The Bertz CT molecular complexity index is 1580. The molecule has 2 aromatic heterocycles. The van der Waals surface area contributed by atoms with Crippen LogP contribution in [0.1, 0.15) is 58.2 Å². The summed E-state index contributed by atoms with van der Waals surface area (Å²) in [5, 5.41) is 20.5. The Labute approximate surface area is 211 Å². The highest BCUT2D eigenvalue weighted by Gasteiger charge is 2.37. The SMILES string of the molecule is Cc1c(F)cc2nc3c(c4c2c1CC[C@H]4CCN(C)C(=O)CO)Cn1c-3cc2c(c1=O)COC(=O)[C@H]2O. The predicted molar refractivity (Wildman–Crippen MR) is 130 cm³/mol. The maximum atomic E-state index is 14.9. The lowest BCUT2D eigenvalue weighted by atomic mass is 9.77. The summed E-state index contributed by atoms with van der Waals surface area (Å²) in [7, 11) is 1.65. The number of aryl methyl sites for hydroxylation is 1. The van der Waals surface area contributed by atoms with Crippen LogP contribution in [0, 0.1) is 12.7 Å². The molecule has 3 aliphatic rings. The molecule has 0 bridgehead atoms. The quantitative estimate of drug-likeness (QED) is 0.404. The molecule has 0 spiro atoms. The fourth-order valence-corrected chi connectivity index (χ4v) is 6.08. The molecular weight excluding hydrogens is 481 g/mol. The lowest BCUT2D eigenvalue weighted by Crippen LogP contribution is -2.32. The van der Waals surface area contributed by atoms with Crippen LogP contribution in [0.2, 0.25) is 0 Å². The number of hydrogen-bond acceptors (Lipinski definition) is 7. The van der Waals surface area contributed by atoms with E-state index in [4.69, 9.17) is 9.72 Å². The number of ether oxygens (including phenoxy) is 1. The molecular formula is C27H26FN3O6. The van der Waals surface area contributed by atoms with Crippen LogP contribution in [0.15, 0.2) is 16.9 Å². The lowest BCUT2D eigenvalue weighted by molar-refractivity contribution is -0.157. The van der Waals surface area contributed by atoms with Gasteiger partial charge in [-0.25, -0.2) is 14.2 Å². The van der Waals surface area contributed by atoms with Crippen molar-refractivity contribution < 1.29 is 28.9 Å². The zero-order valence-corrected chi connectivity index (χ0v) is 20.5. The smallest absolute Gasteiger partial charge is 0.340 e. The number of nitrogens with zero attached hydrogens (tertiary/aromatic N) is 3. The van der Waals surface area contributed by atoms with E-state index in [1.165, 1.54) is 11.0 Å². The van der Waals surface area contributed by atoms with Gasteiger partial charge in [0.1, 0.15) is 19.0 Å². The second kappa shape index (κ2) is 8.46. The van der Waals surface area contributed by atoms with Crippen LogP contribution in [-0.4, -0.2) is 56.7 Å². The minimum Gasteiger partial charge on any atom is -0.458 e. The molecule has 37 heavy (non-hydrogen) atoms. The van der Waals surface area contributed by atoms with Crippen LogP contribution in [-0.2, 0) is 33.9 Å². The Morgan fingerprint density at radius 2 is 2.05 bits per heavy atom. The zero-order valence-electron chi connectivity index (χ0n) is 20.5. The Morgan fingerprint density at radius 1 is 1.27 bits per heavy atom. The number of esters is 1. The predicted octanol–water partition coefficient (Wildman–Crippen LogP) is 1.83. The standard InChI is InChI=1S/C27H26FN3O6/c1-12-14-4-3-13(5-6-30(2)21(33)10-32)22-16-9-31-20(24(16)29-19(23(14)22)8-18(12)28)7-15-17(26(31)35)11-37-27(36)25(15)34/h7-8,13,25,32,34H,3-6,9-11H2,1-2H3/t13-,25-/m0/s1. The number of carbonyl (C=O) groups is 2. The molecule has 2 aliphatic heterocycles. The van der Waals surface area contributed by atoms with Gasteiger partial charge in [-0.2, -0.15) is 0 Å². The van der Waals surface area contributed by atoms with E-state index in [9.17, 15) is 29.0 Å².